The highest BCUT2D eigenvalue weighted by Crippen LogP contribution is 2.25. The Bertz CT molecular complexity index is 1150. The molecular weight excluding hydrogens is 432 g/mol. The van der Waals surface area contributed by atoms with E-state index in [1.165, 1.54) is 11.9 Å². The molecule has 9 nitrogen and oxygen atoms in total. The molecule has 0 aliphatic carbocycles. The average molecular weight is 459 g/mol. The Morgan fingerprint density at radius 3 is 2.34 bits per heavy atom. The van der Waals surface area contributed by atoms with Gasteiger partial charge in [0.05, 0.1) is 19.4 Å². The molecule has 0 unspecified atom stereocenters. The summed E-state index contributed by atoms with van der Waals surface area (Å²) in [5, 5.41) is 3.98. The van der Waals surface area contributed by atoms with Gasteiger partial charge in [-0.2, -0.15) is 9.29 Å². The minimum atomic E-state index is -3.62. The Balaban J connectivity index is 1.78. The Labute approximate surface area is 187 Å². The molecule has 0 aliphatic heterocycles. The minimum absolute atomic E-state index is 0.0315. The molecule has 0 bridgehead atoms. The van der Waals surface area contributed by atoms with E-state index in [1.54, 1.807) is 37.4 Å². The molecule has 1 amide bonds. The maximum atomic E-state index is 13.2. The van der Waals surface area contributed by atoms with Gasteiger partial charge in [0.2, 0.25) is 27.6 Å². The molecule has 10 heteroatoms. The fourth-order valence-electron chi connectivity index (χ4n) is 3.13. The third-order valence-corrected chi connectivity index (χ3v) is 6.13. The van der Waals surface area contributed by atoms with E-state index in [-0.39, 0.29) is 12.4 Å². The molecule has 1 atom stereocenters. The van der Waals surface area contributed by atoms with E-state index in [2.05, 4.69) is 10.1 Å². The van der Waals surface area contributed by atoms with E-state index in [4.69, 9.17) is 9.26 Å². The minimum Gasteiger partial charge on any atom is -0.494 e. The zero-order valence-corrected chi connectivity index (χ0v) is 19.2. The third-order valence-electron chi connectivity index (χ3n) is 4.88. The maximum Gasteiger partial charge on any atom is 0.246 e. The van der Waals surface area contributed by atoms with E-state index >= 15 is 0 Å². The molecule has 1 aromatic heterocycles. The summed E-state index contributed by atoms with van der Waals surface area (Å²) in [4.78, 5) is 19.0. The number of amides is 1. The van der Waals surface area contributed by atoms with Crippen LogP contribution >= 0.6 is 0 Å². The zero-order chi connectivity index (χ0) is 23.3. The lowest BCUT2D eigenvalue weighted by Crippen LogP contribution is -2.41. The van der Waals surface area contributed by atoms with Crippen LogP contribution in [0.15, 0.2) is 59.1 Å². The summed E-state index contributed by atoms with van der Waals surface area (Å²) >= 11 is 0. The summed E-state index contributed by atoms with van der Waals surface area (Å²) < 4.78 is 36.1. The van der Waals surface area contributed by atoms with Crippen LogP contribution in [-0.4, -0.2) is 60.6 Å². The molecule has 2 aromatic carbocycles. The van der Waals surface area contributed by atoms with E-state index < -0.39 is 22.0 Å². The molecule has 0 saturated carbocycles. The van der Waals surface area contributed by atoms with Crippen molar-refractivity contribution in [2.45, 2.75) is 19.5 Å². The number of likely N-dealkylation sites (N-methyl/N-ethyl adjacent to an activating group) is 2. The molecule has 170 valence electrons. The second-order valence-electron chi connectivity index (χ2n) is 7.26. The van der Waals surface area contributed by atoms with Crippen LogP contribution in [0.5, 0.6) is 5.75 Å². The topological polar surface area (TPSA) is 106 Å². The first-order chi connectivity index (χ1) is 15.2. The molecular formula is C22H26N4O5S. The highest BCUT2D eigenvalue weighted by Gasteiger charge is 2.33. The monoisotopic (exact) mass is 458 g/mol. The van der Waals surface area contributed by atoms with Gasteiger partial charge in [-0.05, 0) is 36.8 Å². The number of rotatable bonds is 9. The molecule has 0 fully saturated rings. The molecule has 0 spiro atoms. The van der Waals surface area contributed by atoms with Crippen LogP contribution < -0.4 is 4.74 Å². The number of hydrogen-bond donors (Lipinski definition) is 0. The summed E-state index contributed by atoms with van der Waals surface area (Å²) in [5.74, 6) is 0.951. The average Bonchev–Trinajstić information content (AvgIpc) is 3.23. The molecule has 3 aromatic rings. The number of hydrogen-bond acceptors (Lipinski definition) is 7. The number of carbonyl (C=O) groups is 1. The van der Waals surface area contributed by atoms with Gasteiger partial charge < -0.3 is 14.2 Å². The van der Waals surface area contributed by atoms with Crippen LogP contribution in [0, 0.1) is 0 Å². The summed E-state index contributed by atoms with van der Waals surface area (Å²) in [7, 11) is -0.668. The zero-order valence-electron chi connectivity index (χ0n) is 18.4. The molecule has 1 heterocycles. The molecule has 0 aliphatic rings. The molecule has 3 rings (SSSR count). The Hall–Kier alpha value is -3.24. The smallest absolute Gasteiger partial charge is 0.246 e. The van der Waals surface area contributed by atoms with Crippen LogP contribution in [0.2, 0.25) is 0 Å². The van der Waals surface area contributed by atoms with E-state index in [0.717, 1.165) is 21.9 Å². The second-order valence-corrected chi connectivity index (χ2v) is 9.30. The second kappa shape index (κ2) is 9.92. The number of ether oxygens (including phenoxy) is 1. The molecule has 0 saturated heterocycles. The summed E-state index contributed by atoms with van der Waals surface area (Å²) in [6.07, 6.45) is 1.07. The number of aromatic nitrogens is 2. The lowest BCUT2D eigenvalue weighted by Gasteiger charge is -2.29. The highest BCUT2D eigenvalue weighted by molar-refractivity contribution is 7.88. The van der Waals surface area contributed by atoms with Crippen molar-refractivity contribution in [2.75, 3.05) is 27.0 Å². The Morgan fingerprint density at radius 1 is 1.09 bits per heavy atom. The van der Waals surface area contributed by atoms with Crippen molar-refractivity contribution in [1.29, 1.82) is 0 Å². The lowest BCUT2D eigenvalue weighted by molar-refractivity contribution is -0.134. The van der Waals surface area contributed by atoms with Crippen molar-refractivity contribution >= 4 is 15.9 Å². The first kappa shape index (κ1) is 23.4. The van der Waals surface area contributed by atoms with Crippen molar-refractivity contribution in [2.24, 2.45) is 0 Å². The predicted molar refractivity (Wildman–Crippen MR) is 119 cm³/mol. The van der Waals surface area contributed by atoms with Crippen LogP contribution in [-0.2, 0) is 21.4 Å². The van der Waals surface area contributed by atoms with Gasteiger partial charge in [-0.15, -0.1) is 0 Å². The van der Waals surface area contributed by atoms with E-state index in [0.29, 0.717) is 18.0 Å². The fourth-order valence-corrected chi connectivity index (χ4v) is 3.72. The van der Waals surface area contributed by atoms with Gasteiger partial charge >= 0.3 is 0 Å². The van der Waals surface area contributed by atoms with Crippen LogP contribution in [0.1, 0.15) is 24.4 Å². The van der Waals surface area contributed by atoms with Crippen molar-refractivity contribution in [3.05, 3.63) is 66.1 Å². The number of benzene rings is 2. The van der Waals surface area contributed by atoms with Crippen molar-refractivity contribution in [3.63, 3.8) is 0 Å². The van der Waals surface area contributed by atoms with Gasteiger partial charge in [-0.1, -0.05) is 35.5 Å². The largest absolute Gasteiger partial charge is 0.494 e. The normalized spacial score (nSPS) is 12.5. The quantitative estimate of drug-likeness (QED) is 0.485. The van der Waals surface area contributed by atoms with Crippen molar-refractivity contribution < 1.29 is 22.5 Å². The van der Waals surface area contributed by atoms with Crippen LogP contribution in [0.3, 0.4) is 0 Å². The Kier molecular flexibility index (Phi) is 7.26. The van der Waals surface area contributed by atoms with Gasteiger partial charge in [0, 0.05) is 19.7 Å². The van der Waals surface area contributed by atoms with E-state index in [1.807, 2.05) is 31.2 Å². The number of sulfonamides is 1. The van der Waals surface area contributed by atoms with Crippen molar-refractivity contribution in [1.82, 2.24) is 19.3 Å². The summed E-state index contributed by atoms with van der Waals surface area (Å²) in [6, 6.07) is 15.0. The number of carbonyl (C=O) groups excluding carboxylic acids is 1. The first-order valence-electron chi connectivity index (χ1n) is 9.99. The van der Waals surface area contributed by atoms with Gasteiger partial charge in [0.25, 0.3) is 0 Å². The standard InChI is InChI=1S/C22H26N4O5S/c1-5-30-18-13-11-17(12-14-18)21-23-19(31-24-21)15-25(2)22(27)20(26(3)32(4,28)29)16-9-7-6-8-10-16/h6-14,20H,5,15H2,1-4H3/t20-/m1/s1. The SMILES string of the molecule is CCOc1ccc(-c2noc(CN(C)C(=O)[C@@H](c3ccccc3)N(C)S(C)(=O)=O)n2)cc1. The van der Waals surface area contributed by atoms with E-state index in [9.17, 15) is 13.2 Å². The van der Waals surface area contributed by atoms with Gasteiger partial charge in [0.15, 0.2) is 0 Å². The molecule has 0 radical (unpaired) electrons. The number of nitrogens with zero attached hydrogens (tertiary/aromatic N) is 4. The molecule has 0 N–H and O–H groups in total. The van der Waals surface area contributed by atoms with Gasteiger partial charge in [-0.3, -0.25) is 4.79 Å². The maximum absolute atomic E-state index is 13.2. The van der Waals surface area contributed by atoms with Crippen molar-refractivity contribution in [3.8, 4) is 17.1 Å². The third kappa shape index (κ3) is 5.51. The van der Waals surface area contributed by atoms with Gasteiger partial charge in [-0.25, -0.2) is 8.42 Å². The molecule has 32 heavy (non-hydrogen) atoms. The van der Waals surface area contributed by atoms with Gasteiger partial charge in [0.1, 0.15) is 11.8 Å². The lowest BCUT2D eigenvalue weighted by atomic mass is 10.1. The van der Waals surface area contributed by atoms with Crippen LogP contribution in [0.4, 0.5) is 0 Å². The predicted octanol–water partition coefficient (Wildman–Crippen LogP) is 2.73. The highest BCUT2D eigenvalue weighted by atomic mass is 32.2. The summed E-state index contributed by atoms with van der Waals surface area (Å²) in [5.41, 5.74) is 1.31. The summed E-state index contributed by atoms with van der Waals surface area (Å²) in [6.45, 7) is 2.52. The first-order valence-corrected chi connectivity index (χ1v) is 11.8. The Morgan fingerprint density at radius 2 is 1.75 bits per heavy atom. The van der Waals surface area contributed by atoms with Crippen LogP contribution in [0.25, 0.3) is 11.4 Å². The fraction of sp³-hybridized carbons (Fsp3) is 0.318.